The van der Waals surface area contributed by atoms with Crippen molar-refractivity contribution in [3.63, 3.8) is 0 Å². The van der Waals surface area contributed by atoms with Crippen molar-refractivity contribution in [1.29, 1.82) is 0 Å². The Morgan fingerprint density at radius 3 is 1.20 bits per heavy atom. The molecule has 0 aromatic heterocycles. The van der Waals surface area contributed by atoms with Crippen LogP contribution in [0.2, 0.25) is 0 Å². The van der Waals surface area contributed by atoms with Gasteiger partial charge in [0.15, 0.2) is 0 Å². The average molecular weight is 330 g/mol. The Bertz CT molecular complexity index is 96.8. The third-order valence-corrected chi connectivity index (χ3v) is 3.84. The van der Waals surface area contributed by atoms with Crippen molar-refractivity contribution in [2.45, 2.75) is 41.5 Å². The molecule has 4 atom stereocenters. The van der Waals surface area contributed by atoms with Gasteiger partial charge in [0.1, 0.15) is 0 Å². The maximum absolute atomic E-state index is 4.93. The van der Waals surface area contributed by atoms with E-state index in [9.17, 15) is 0 Å². The van der Waals surface area contributed by atoms with E-state index in [2.05, 4.69) is 41.5 Å². The standard InChI is InChI=1S/C10H19.C2H5.2ClH.Zr/c1-6-7(2)9(4)10(5)8(6)3;1-2;;;/h6-9H,1-5H3;1H2,2H3;2*1H;/q2*-1;;;+4/p-2/t6?,7?,8-,9+;;;;. The molecular weight excluding hydrogens is 306 g/mol. The van der Waals surface area contributed by atoms with Crippen molar-refractivity contribution in [1.82, 2.24) is 0 Å². The van der Waals surface area contributed by atoms with Crippen molar-refractivity contribution in [2.75, 3.05) is 0 Å². The van der Waals surface area contributed by atoms with Gasteiger partial charge in [-0.1, -0.05) is 39.5 Å². The van der Waals surface area contributed by atoms with Crippen molar-refractivity contribution in [2.24, 2.45) is 23.7 Å². The zero-order valence-electron chi connectivity index (χ0n) is 10.8. The first-order chi connectivity index (χ1) is 6.97. The van der Waals surface area contributed by atoms with Gasteiger partial charge >= 0.3 is 37.9 Å². The molecule has 1 saturated carbocycles. The fourth-order valence-electron chi connectivity index (χ4n) is 2.15. The summed E-state index contributed by atoms with van der Waals surface area (Å²) in [5, 5.41) is 0. The van der Waals surface area contributed by atoms with Crippen molar-refractivity contribution < 1.29 is 20.8 Å². The molecule has 0 nitrogen and oxygen atoms in total. The molecule has 0 amide bonds. The molecule has 0 saturated heterocycles. The second-order valence-electron chi connectivity index (χ2n) is 4.11. The third-order valence-electron chi connectivity index (χ3n) is 3.84. The normalized spacial score (nSPS) is 34.5. The number of halogens is 2. The molecular formula is C12H24Cl2Zr. The summed E-state index contributed by atoms with van der Waals surface area (Å²) in [5.74, 6) is 5.21. The van der Waals surface area contributed by atoms with Crippen LogP contribution >= 0.6 is 17.0 Å². The predicted molar refractivity (Wildman–Crippen MR) is 68.3 cm³/mol. The zero-order chi connectivity index (χ0) is 12.6. The Labute approximate surface area is 115 Å². The molecule has 1 rings (SSSR count). The minimum absolute atomic E-state index is 0.826. The molecule has 1 aliphatic rings. The first-order valence-corrected chi connectivity index (χ1v) is 11.8. The van der Waals surface area contributed by atoms with E-state index < -0.39 is 20.8 Å². The summed E-state index contributed by atoms with van der Waals surface area (Å²) in [7, 11) is 9.87. The van der Waals surface area contributed by atoms with Crippen LogP contribution in [0.5, 0.6) is 0 Å². The van der Waals surface area contributed by atoms with Crippen molar-refractivity contribution in [3.05, 3.63) is 12.8 Å². The summed E-state index contributed by atoms with van der Waals surface area (Å²) in [5.41, 5.74) is 0. The second kappa shape index (κ2) is 10.6. The summed E-state index contributed by atoms with van der Waals surface area (Å²) in [6, 6.07) is 0. The van der Waals surface area contributed by atoms with Crippen LogP contribution in [-0.2, 0) is 20.8 Å². The Hall–Kier alpha value is 1.46. The molecule has 1 aliphatic carbocycles. The molecule has 0 N–H and O–H groups in total. The van der Waals surface area contributed by atoms with Crippen LogP contribution in [-0.4, -0.2) is 0 Å². The monoisotopic (exact) mass is 328 g/mol. The van der Waals surface area contributed by atoms with Crippen LogP contribution in [0.15, 0.2) is 0 Å². The molecule has 0 aliphatic heterocycles. The Morgan fingerprint density at radius 2 is 1.13 bits per heavy atom. The quantitative estimate of drug-likeness (QED) is 0.525. The van der Waals surface area contributed by atoms with Gasteiger partial charge in [0.25, 0.3) is 0 Å². The molecule has 0 heterocycles. The van der Waals surface area contributed by atoms with E-state index in [-0.39, 0.29) is 0 Å². The molecule has 0 bridgehead atoms. The summed E-state index contributed by atoms with van der Waals surface area (Å²) in [6.45, 7) is 16.8. The van der Waals surface area contributed by atoms with E-state index in [1.165, 1.54) is 0 Å². The maximum atomic E-state index is 4.93. The van der Waals surface area contributed by atoms with Gasteiger partial charge < -0.3 is 12.8 Å². The van der Waals surface area contributed by atoms with Crippen LogP contribution in [0.4, 0.5) is 0 Å². The molecule has 90 valence electrons. The van der Waals surface area contributed by atoms with Crippen LogP contribution in [0.1, 0.15) is 41.5 Å². The first kappa shape index (κ1) is 18.8. The van der Waals surface area contributed by atoms with E-state index >= 15 is 0 Å². The number of rotatable bonds is 0. The van der Waals surface area contributed by atoms with Gasteiger partial charge in [-0.25, -0.2) is 0 Å². The molecule has 1 fully saturated rings. The van der Waals surface area contributed by atoms with Gasteiger partial charge in [0.2, 0.25) is 0 Å². The van der Waals surface area contributed by atoms with Gasteiger partial charge in [0, 0.05) is 0 Å². The van der Waals surface area contributed by atoms with Crippen molar-refractivity contribution >= 4 is 17.0 Å². The Balaban J connectivity index is 0. The topological polar surface area (TPSA) is 0 Å². The van der Waals surface area contributed by atoms with Crippen LogP contribution < -0.4 is 0 Å². The fourth-order valence-corrected chi connectivity index (χ4v) is 2.15. The molecule has 0 aromatic carbocycles. The van der Waals surface area contributed by atoms with Gasteiger partial charge in [0.05, 0.1) is 0 Å². The van der Waals surface area contributed by atoms with E-state index in [0.29, 0.717) is 0 Å². The van der Waals surface area contributed by atoms with Crippen LogP contribution in [0.3, 0.4) is 0 Å². The SMILES string of the molecule is C[C-]1[C@@H](C)C(C)C(C)[C@H]1C.[CH2-]C.[Cl][Zr+2][Cl]. The summed E-state index contributed by atoms with van der Waals surface area (Å²) in [4.78, 5) is 0. The molecule has 0 aromatic rings. The minimum atomic E-state index is -0.826. The van der Waals surface area contributed by atoms with E-state index in [1.807, 2.05) is 0 Å². The predicted octanol–water partition coefficient (Wildman–Crippen LogP) is 5.36. The Morgan fingerprint density at radius 1 is 0.933 bits per heavy atom. The molecule has 0 radical (unpaired) electrons. The van der Waals surface area contributed by atoms with E-state index in [1.54, 1.807) is 12.8 Å². The third kappa shape index (κ3) is 6.08. The fraction of sp³-hybridized carbons (Fsp3) is 0.833. The van der Waals surface area contributed by atoms with Gasteiger partial charge in [-0.2, -0.15) is 25.7 Å². The van der Waals surface area contributed by atoms with Crippen LogP contribution in [0, 0.1) is 36.5 Å². The molecule has 15 heavy (non-hydrogen) atoms. The average Bonchev–Trinajstić information content (AvgIpc) is 2.41. The molecule has 2 unspecified atom stereocenters. The Kier molecular flexibility index (Phi) is 13.3. The first-order valence-electron chi connectivity index (χ1n) is 5.47. The van der Waals surface area contributed by atoms with Gasteiger partial charge in [-0.3, -0.25) is 0 Å². The zero-order valence-corrected chi connectivity index (χ0v) is 14.7. The summed E-state index contributed by atoms with van der Waals surface area (Å²) < 4.78 is 0. The van der Waals surface area contributed by atoms with E-state index in [4.69, 9.17) is 17.0 Å². The summed E-state index contributed by atoms with van der Waals surface area (Å²) >= 11 is -0.826. The van der Waals surface area contributed by atoms with Gasteiger partial charge in [-0.05, 0) is 0 Å². The number of hydrogen-bond acceptors (Lipinski definition) is 0. The second-order valence-corrected chi connectivity index (χ2v) is 7.84. The van der Waals surface area contributed by atoms with Crippen LogP contribution in [0.25, 0.3) is 0 Å². The van der Waals surface area contributed by atoms with E-state index in [0.717, 1.165) is 23.7 Å². The molecule has 3 heteroatoms. The van der Waals surface area contributed by atoms with Crippen molar-refractivity contribution in [3.8, 4) is 0 Å². The number of hydrogen-bond donors (Lipinski definition) is 0. The summed E-state index contributed by atoms with van der Waals surface area (Å²) in [6.07, 6.45) is 0. The van der Waals surface area contributed by atoms with Gasteiger partial charge in [-0.15, -0.1) is 0 Å². The molecule has 0 spiro atoms.